The Hall–Kier alpha value is -1.04. The maximum absolute atomic E-state index is 10.8. The van der Waals surface area contributed by atoms with E-state index in [9.17, 15) is 4.79 Å². The van der Waals surface area contributed by atoms with Gasteiger partial charge in [0.15, 0.2) is 0 Å². The molecule has 15 heavy (non-hydrogen) atoms. The molecule has 0 aromatic heterocycles. The largest absolute Gasteiger partial charge is 0.478 e. The zero-order chi connectivity index (χ0) is 10.8. The normalized spacial score (nSPS) is 14.6. The number of carboxylic acids is 1. The number of rotatable bonds is 2. The highest BCUT2D eigenvalue weighted by Crippen LogP contribution is 2.25. The lowest BCUT2D eigenvalue weighted by molar-refractivity contribution is 0.0697. The molecule has 1 heterocycles. The van der Waals surface area contributed by atoms with Gasteiger partial charge in [-0.1, -0.05) is 12.2 Å². The van der Waals surface area contributed by atoms with E-state index in [2.05, 4.69) is 39.6 Å². The van der Waals surface area contributed by atoms with E-state index in [1.54, 1.807) is 12.1 Å². The molecule has 0 bridgehead atoms. The Morgan fingerprint density at radius 3 is 2.60 bits per heavy atom. The molecule has 78 valence electrons. The molecule has 1 aromatic carbocycles. The minimum Gasteiger partial charge on any atom is -0.478 e. The summed E-state index contributed by atoms with van der Waals surface area (Å²) in [5.41, 5.74) is 1.35. The summed E-state index contributed by atoms with van der Waals surface area (Å²) in [6.07, 6.45) is 4.17. The first-order valence-corrected chi connectivity index (χ1v) is 5.69. The summed E-state index contributed by atoms with van der Waals surface area (Å²) in [4.78, 5) is 13.0. The van der Waals surface area contributed by atoms with Crippen molar-refractivity contribution in [3.63, 3.8) is 0 Å². The molecule has 3 nitrogen and oxygen atoms in total. The fraction of sp³-hybridized carbons (Fsp3) is 0.182. The standard InChI is InChI=1S/C11H10INO2/c12-9-4-3-8(11(14)15)7-10(9)13-5-1-2-6-13/h1-4,7H,5-6H2,(H,14,15). The van der Waals surface area contributed by atoms with E-state index >= 15 is 0 Å². The van der Waals surface area contributed by atoms with Crippen LogP contribution < -0.4 is 4.90 Å². The van der Waals surface area contributed by atoms with Crippen LogP contribution >= 0.6 is 22.6 Å². The van der Waals surface area contributed by atoms with Crippen LogP contribution in [-0.4, -0.2) is 24.2 Å². The first-order valence-electron chi connectivity index (χ1n) is 4.61. The maximum atomic E-state index is 10.8. The highest BCUT2D eigenvalue weighted by Gasteiger charge is 2.13. The maximum Gasteiger partial charge on any atom is 0.335 e. The Balaban J connectivity index is 2.36. The summed E-state index contributed by atoms with van der Waals surface area (Å²) in [6, 6.07) is 5.21. The predicted molar refractivity (Wildman–Crippen MR) is 67.5 cm³/mol. The van der Waals surface area contributed by atoms with E-state index in [1.807, 2.05) is 6.07 Å². The van der Waals surface area contributed by atoms with Crippen molar-refractivity contribution in [1.82, 2.24) is 0 Å². The molecule has 0 unspecified atom stereocenters. The van der Waals surface area contributed by atoms with Crippen LogP contribution in [-0.2, 0) is 0 Å². The summed E-state index contributed by atoms with van der Waals surface area (Å²) in [5.74, 6) is -0.875. The molecule has 1 aliphatic heterocycles. The van der Waals surface area contributed by atoms with Gasteiger partial charge in [-0.15, -0.1) is 0 Å². The Kier molecular flexibility index (Phi) is 2.95. The Bertz CT molecular complexity index is 421. The van der Waals surface area contributed by atoms with Gasteiger partial charge in [0.05, 0.1) is 11.3 Å². The average molecular weight is 315 g/mol. The van der Waals surface area contributed by atoms with Crippen molar-refractivity contribution in [2.75, 3.05) is 18.0 Å². The summed E-state index contributed by atoms with van der Waals surface area (Å²) in [7, 11) is 0. The van der Waals surface area contributed by atoms with E-state index < -0.39 is 5.97 Å². The third kappa shape index (κ3) is 2.14. The molecule has 0 atom stereocenters. The van der Waals surface area contributed by atoms with E-state index in [-0.39, 0.29) is 0 Å². The minimum atomic E-state index is -0.875. The molecule has 0 saturated heterocycles. The molecular formula is C11H10INO2. The number of anilines is 1. The van der Waals surface area contributed by atoms with Crippen molar-refractivity contribution in [3.05, 3.63) is 39.5 Å². The number of benzene rings is 1. The van der Waals surface area contributed by atoms with Crippen molar-refractivity contribution in [2.45, 2.75) is 0 Å². The van der Waals surface area contributed by atoms with Crippen molar-refractivity contribution >= 4 is 34.2 Å². The summed E-state index contributed by atoms with van der Waals surface area (Å²) in [6.45, 7) is 1.72. The van der Waals surface area contributed by atoms with E-state index in [0.29, 0.717) is 5.56 Å². The average Bonchev–Trinajstić information content (AvgIpc) is 2.71. The lowest BCUT2D eigenvalue weighted by atomic mass is 10.2. The first kappa shape index (κ1) is 10.5. The quantitative estimate of drug-likeness (QED) is 0.673. The minimum absolute atomic E-state index is 0.345. The molecule has 0 spiro atoms. The molecule has 0 saturated carbocycles. The van der Waals surface area contributed by atoms with Crippen LogP contribution in [0.5, 0.6) is 0 Å². The number of hydrogen-bond acceptors (Lipinski definition) is 2. The van der Waals surface area contributed by atoms with Crippen LogP contribution in [0.2, 0.25) is 0 Å². The van der Waals surface area contributed by atoms with Crippen molar-refractivity contribution < 1.29 is 9.90 Å². The Morgan fingerprint density at radius 2 is 2.00 bits per heavy atom. The predicted octanol–water partition coefficient (Wildman–Crippen LogP) is 2.37. The van der Waals surface area contributed by atoms with Crippen LogP contribution in [0, 0.1) is 3.57 Å². The molecule has 0 amide bonds. The molecule has 1 aromatic rings. The molecule has 1 N–H and O–H groups in total. The number of hydrogen-bond donors (Lipinski definition) is 1. The third-order valence-corrected chi connectivity index (χ3v) is 3.26. The summed E-state index contributed by atoms with van der Waals surface area (Å²) < 4.78 is 1.08. The number of aromatic carboxylic acids is 1. The fourth-order valence-corrected chi connectivity index (χ4v) is 2.24. The van der Waals surface area contributed by atoms with Gasteiger partial charge in [-0.25, -0.2) is 4.79 Å². The van der Waals surface area contributed by atoms with Crippen LogP contribution in [0.3, 0.4) is 0 Å². The van der Waals surface area contributed by atoms with Crippen molar-refractivity contribution in [2.24, 2.45) is 0 Å². The molecular weight excluding hydrogens is 305 g/mol. The fourth-order valence-electron chi connectivity index (χ4n) is 1.56. The Labute approximate surface area is 102 Å². The van der Waals surface area contributed by atoms with Gasteiger partial charge in [-0.3, -0.25) is 0 Å². The number of halogens is 1. The van der Waals surface area contributed by atoms with Crippen LogP contribution in [0.4, 0.5) is 5.69 Å². The topological polar surface area (TPSA) is 40.5 Å². The summed E-state index contributed by atoms with van der Waals surface area (Å²) >= 11 is 2.23. The second kappa shape index (κ2) is 4.22. The SMILES string of the molecule is O=C(O)c1ccc(I)c(N2CC=CC2)c1. The molecule has 0 fully saturated rings. The van der Waals surface area contributed by atoms with Gasteiger partial charge in [-0.2, -0.15) is 0 Å². The highest BCUT2D eigenvalue weighted by molar-refractivity contribution is 14.1. The second-order valence-electron chi connectivity index (χ2n) is 3.35. The van der Waals surface area contributed by atoms with Gasteiger partial charge in [0.1, 0.15) is 0 Å². The molecule has 2 rings (SSSR count). The molecule has 0 radical (unpaired) electrons. The van der Waals surface area contributed by atoms with Gasteiger partial charge in [0.2, 0.25) is 0 Å². The van der Waals surface area contributed by atoms with Gasteiger partial charge < -0.3 is 10.0 Å². The van der Waals surface area contributed by atoms with E-state index in [0.717, 1.165) is 22.3 Å². The second-order valence-corrected chi connectivity index (χ2v) is 4.51. The monoisotopic (exact) mass is 315 g/mol. The lowest BCUT2D eigenvalue weighted by Crippen LogP contribution is -2.20. The summed E-state index contributed by atoms with van der Waals surface area (Å²) in [5, 5.41) is 8.91. The first-order chi connectivity index (χ1) is 7.18. The van der Waals surface area contributed by atoms with E-state index in [1.165, 1.54) is 0 Å². The van der Waals surface area contributed by atoms with Gasteiger partial charge in [-0.05, 0) is 40.8 Å². The van der Waals surface area contributed by atoms with Crippen LogP contribution in [0.1, 0.15) is 10.4 Å². The third-order valence-electron chi connectivity index (χ3n) is 2.35. The van der Waals surface area contributed by atoms with Crippen molar-refractivity contribution in [1.29, 1.82) is 0 Å². The van der Waals surface area contributed by atoms with Crippen molar-refractivity contribution in [3.8, 4) is 0 Å². The molecule has 1 aliphatic rings. The Morgan fingerprint density at radius 1 is 1.33 bits per heavy atom. The highest BCUT2D eigenvalue weighted by atomic mass is 127. The molecule has 0 aliphatic carbocycles. The number of carboxylic acid groups (broad SMARTS) is 1. The number of nitrogens with zero attached hydrogens (tertiary/aromatic N) is 1. The van der Waals surface area contributed by atoms with E-state index in [4.69, 9.17) is 5.11 Å². The van der Waals surface area contributed by atoms with Gasteiger partial charge >= 0.3 is 5.97 Å². The smallest absolute Gasteiger partial charge is 0.335 e. The van der Waals surface area contributed by atoms with Crippen LogP contribution in [0.25, 0.3) is 0 Å². The number of carbonyl (C=O) groups is 1. The zero-order valence-corrected chi connectivity index (χ0v) is 10.1. The van der Waals surface area contributed by atoms with Gasteiger partial charge in [0, 0.05) is 16.7 Å². The van der Waals surface area contributed by atoms with Gasteiger partial charge in [0.25, 0.3) is 0 Å². The lowest BCUT2D eigenvalue weighted by Gasteiger charge is -2.19. The van der Waals surface area contributed by atoms with Crippen LogP contribution in [0.15, 0.2) is 30.4 Å². The molecule has 4 heteroatoms. The zero-order valence-electron chi connectivity index (χ0n) is 7.98.